The zero-order valence-electron chi connectivity index (χ0n) is 15.5. The molecule has 2 aliphatic heterocycles. The van der Waals surface area contributed by atoms with E-state index in [2.05, 4.69) is 32.0 Å². The fourth-order valence-electron chi connectivity index (χ4n) is 3.88. The monoisotopic (exact) mass is 403 g/mol. The highest BCUT2D eigenvalue weighted by atomic mass is 35.5. The Morgan fingerprint density at radius 1 is 1.19 bits per heavy atom. The molecule has 148 valence electrons. The molecule has 0 unspecified atom stereocenters. The molecule has 0 aromatic carbocycles. The van der Waals surface area contributed by atoms with Crippen LogP contribution >= 0.6 is 24.8 Å². The van der Waals surface area contributed by atoms with E-state index in [1.54, 1.807) is 18.6 Å². The van der Waals surface area contributed by atoms with Gasteiger partial charge in [-0.25, -0.2) is 4.98 Å². The number of nitrogens with zero attached hydrogens (tertiary/aromatic N) is 4. The molecule has 0 spiro atoms. The highest BCUT2D eigenvalue weighted by molar-refractivity contribution is 5.85. The van der Waals surface area contributed by atoms with Gasteiger partial charge in [0.25, 0.3) is 0 Å². The van der Waals surface area contributed by atoms with Crippen LogP contribution in [-0.4, -0.2) is 59.5 Å². The number of hydrogen-bond acceptors (Lipinski definition) is 5. The summed E-state index contributed by atoms with van der Waals surface area (Å²) < 4.78 is 0. The molecule has 2 saturated heterocycles. The molecular formula is C18H31Cl2N5O. The molecule has 0 aliphatic carbocycles. The van der Waals surface area contributed by atoms with Crippen LogP contribution in [-0.2, 0) is 4.79 Å². The van der Waals surface area contributed by atoms with Crippen LogP contribution in [0.2, 0.25) is 0 Å². The molecule has 1 aromatic rings. The van der Waals surface area contributed by atoms with Gasteiger partial charge in [0.15, 0.2) is 0 Å². The molecule has 3 rings (SSSR count). The summed E-state index contributed by atoms with van der Waals surface area (Å²) in [5.41, 5.74) is 0. The first kappa shape index (κ1) is 22.9. The van der Waals surface area contributed by atoms with Gasteiger partial charge in [-0.15, -0.1) is 24.8 Å². The first-order chi connectivity index (χ1) is 11.8. The third-order valence-electron chi connectivity index (χ3n) is 5.21. The van der Waals surface area contributed by atoms with Gasteiger partial charge in [-0.1, -0.05) is 6.92 Å². The lowest BCUT2D eigenvalue weighted by molar-refractivity contribution is -0.139. The average molecular weight is 404 g/mol. The van der Waals surface area contributed by atoms with Crippen molar-refractivity contribution >= 4 is 36.5 Å². The molecule has 26 heavy (non-hydrogen) atoms. The van der Waals surface area contributed by atoms with E-state index in [1.807, 2.05) is 0 Å². The normalized spacial score (nSPS) is 18.6. The topological polar surface area (TPSA) is 61.4 Å². The van der Waals surface area contributed by atoms with E-state index in [0.717, 1.165) is 70.6 Å². The fourth-order valence-corrected chi connectivity index (χ4v) is 3.88. The van der Waals surface area contributed by atoms with Gasteiger partial charge in [0.1, 0.15) is 5.82 Å². The van der Waals surface area contributed by atoms with Crippen molar-refractivity contribution in [1.82, 2.24) is 20.2 Å². The van der Waals surface area contributed by atoms with Crippen LogP contribution in [0.1, 0.15) is 39.0 Å². The zero-order valence-corrected chi connectivity index (χ0v) is 17.1. The van der Waals surface area contributed by atoms with Gasteiger partial charge in [0, 0.05) is 44.0 Å². The maximum Gasteiger partial charge on any atom is 0.226 e. The number of nitrogens with one attached hydrogen (secondary N) is 1. The summed E-state index contributed by atoms with van der Waals surface area (Å²) in [6.07, 6.45) is 10.3. The Hall–Kier alpha value is -1.11. The van der Waals surface area contributed by atoms with Crippen LogP contribution in [0.15, 0.2) is 18.6 Å². The molecular weight excluding hydrogens is 373 g/mol. The van der Waals surface area contributed by atoms with Gasteiger partial charge < -0.3 is 15.1 Å². The van der Waals surface area contributed by atoms with Crippen LogP contribution in [0.25, 0.3) is 0 Å². The molecule has 8 heteroatoms. The van der Waals surface area contributed by atoms with Crippen LogP contribution < -0.4 is 10.2 Å². The summed E-state index contributed by atoms with van der Waals surface area (Å²) in [6, 6.07) is 0.428. The Morgan fingerprint density at radius 3 is 2.46 bits per heavy atom. The van der Waals surface area contributed by atoms with Gasteiger partial charge in [-0.2, -0.15) is 0 Å². The van der Waals surface area contributed by atoms with Crippen molar-refractivity contribution < 1.29 is 4.79 Å². The molecule has 6 nitrogen and oxygen atoms in total. The summed E-state index contributed by atoms with van der Waals surface area (Å²) >= 11 is 0. The minimum absolute atomic E-state index is 0. The van der Waals surface area contributed by atoms with Crippen LogP contribution in [0.3, 0.4) is 0 Å². The molecule has 2 fully saturated rings. The highest BCUT2D eigenvalue weighted by Crippen LogP contribution is 2.25. The molecule has 0 radical (unpaired) electrons. The number of anilines is 1. The molecule has 0 saturated carbocycles. The van der Waals surface area contributed by atoms with Crippen molar-refractivity contribution in [3.63, 3.8) is 0 Å². The minimum Gasteiger partial charge on any atom is -0.355 e. The standard InChI is InChI=1S/C18H29N5O.2ClH/c1-2-11-23(16-3-7-19-8-4-16)18(24)15-5-12-22(13-6-15)17-14-20-9-10-21-17;;/h9-10,14-16,19H,2-8,11-13H2,1H3;2*1H. The first-order valence-electron chi connectivity index (χ1n) is 9.31. The number of amides is 1. The molecule has 2 aliphatic rings. The predicted molar refractivity (Wildman–Crippen MR) is 109 cm³/mol. The second-order valence-electron chi connectivity index (χ2n) is 6.84. The second-order valence-corrected chi connectivity index (χ2v) is 6.84. The maximum atomic E-state index is 13.1. The van der Waals surface area contributed by atoms with E-state index in [0.29, 0.717) is 11.9 Å². The van der Waals surface area contributed by atoms with Gasteiger partial charge >= 0.3 is 0 Å². The van der Waals surface area contributed by atoms with Crippen molar-refractivity contribution in [2.45, 2.75) is 45.1 Å². The Kier molecular flexibility index (Phi) is 10.2. The summed E-state index contributed by atoms with van der Waals surface area (Å²) in [7, 11) is 0. The summed E-state index contributed by atoms with van der Waals surface area (Å²) in [5.74, 6) is 1.47. The van der Waals surface area contributed by atoms with Crippen molar-refractivity contribution in [3.8, 4) is 0 Å². The van der Waals surface area contributed by atoms with E-state index >= 15 is 0 Å². The lowest BCUT2D eigenvalue weighted by Crippen LogP contribution is -2.50. The Balaban J connectivity index is 0.00000169. The van der Waals surface area contributed by atoms with E-state index in [-0.39, 0.29) is 30.7 Å². The molecule has 1 amide bonds. The predicted octanol–water partition coefficient (Wildman–Crippen LogP) is 2.53. The third-order valence-corrected chi connectivity index (χ3v) is 5.21. The Morgan fingerprint density at radius 2 is 1.88 bits per heavy atom. The smallest absolute Gasteiger partial charge is 0.226 e. The number of carbonyl (C=O) groups excluding carboxylic acids is 1. The van der Waals surface area contributed by atoms with Gasteiger partial charge in [0.05, 0.1) is 6.20 Å². The minimum atomic E-state index is 0. The highest BCUT2D eigenvalue weighted by Gasteiger charge is 2.32. The zero-order chi connectivity index (χ0) is 16.8. The fraction of sp³-hybridized carbons (Fsp3) is 0.722. The van der Waals surface area contributed by atoms with Crippen molar-refractivity contribution in [2.24, 2.45) is 5.92 Å². The number of aromatic nitrogens is 2. The number of hydrogen-bond donors (Lipinski definition) is 1. The number of carbonyl (C=O) groups is 1. The lowest BCUT2D eigenvalue weighted by atomic mass is 9.93. The first-order valence-corrected chi connectivity index (χ1v) is 9.31. The second kappa shape index (κ2) is 11.6. The molecule has 1 N–H and O–H groups in total. The third kappa shape index (κ3) is 5.69. The summed E-state index contributed by atoms with van der Waals surface area (Å²) in [4.78, 5) is 26.0. The Labute approximate surface area is 169 Å². The number of halogens is 2. The molecule has 0 bridgehead atoms. The molecule has 1 aromatic heterocycles. The van der Waals surface area contributed by atoms with E-state index < -0.39 is 0 Å². The van der Waals surface area contributed by atoms with Crippen molar-refractivity contribution in [1.29, 1.82) is 0 Å². The van der Waals surface area contributed by atoms with Gasteiger partial charge in [-0.3, -0.25) is 9.78 Å². The lowest BCUT2D eigenvalue weighted by Gasteiger charge is -2.39. The van der Waals surface area contributed by atoms with E-state index in [4.69, 9.17) is 0 Å². The number of rotatable bonds is 5. The van der Waals surface area contributed by atoms with Gasteiger partial charge in [-0.05, 0) is 45.2 Å². The van der Waals surface area contributed by atoms with Crippen molar-refractivity contribution in [3.05, 3.63) is 18.6 Å². The molecule has 0 atom stereocenters. The number of piperidine rings is 2. The molecule has 3 heterocycles. The van der Waals surface area contributed by atoms with Crippen LogP contribution in [0, 0.1) is 5.92 Å². The Bertz CT molecular complexity index is 520. The van der Waals surface area contributed by atoms with Crippen molar-refractivity contribution in [2.75, 3.05) is 37.6 Å². The van der Waals surface area contributed by atoms with Crippen LogP contribution in [0.4, 0.5) is 5.82 Å². The SMILES string of the molecule is CCCN(C(=O)C1CCN(c2cnccn2)CC1)C1CCNCC1.Cl.Cl. The van der Waals surface area contributed by atoms with Crippen LogP contribution in [0.5, 0.6) is 0 Å². The maximum absolute atomic E-state index is 13.1. The quantitative estimate of drug-likeness (QED) is 0.817. The summed E-state index contributed by atoms with van der Waals surface area (Å²) in [6.45, 7) is 6.90. The summed E-state index contributed by atoms with van der Waals surface area (Å²) in [5, 5.41) is 3.40. The average Bonchev–Trinajstić information content (AvgIpc) is 2.67. The largest absolute Gasteiger partial charge is 0.355 e. The van der Waals surface area contributed by atoms with E-state index in [9.17, 15) is 4.79 Å². The van der Waals surface area contributed by atoms with Gasteiger partial charge in [0.2, 0.25) is 5.91 Å². The van der Waals surface area contributed by atoms with E-state index in [1.165, 1.54) is 0 Å².